The molecule has 0 aromatic carbocycles. The van der Waals surface area contributed by atoms with Crippen LogP contribution in [0.25, 0.3) is 0 Å². The highest BCUT2D eigenvalue weighted by Crippen LogP contribution is 2.26. The van der Waals surface area contributed by atoms with Crippen molar-refractivity contribution in [1.29, 1.82) is 0 Å². The van der Waals surface area contributed by atoms with Crippen LogP contribution in [0.15, 0.2) is 17.1 Å². The molecule has 0 bridgehead atoms. The number of piperidine rings is 2. The van der Waals surface area contributed by atoms with Gasteiger partial charge in [0.2, 0.25) is 11.3 Å². The molecule has 1 amide bonds. The van der Waals surface area contributed by atoms with E-state index in [1.54, 1.807) is 12.3 Å². The molecule has 0 spiro atoms. The summed E-state index contributed by atoms with van der Waals surface area (Å²) >= 11 is 0. The smallest absolute Gasteiger partial charge is 0.224 e. The number of likely N-dealkylation sites (tertiary alicyclic amines) is 2. The van der Waals surface area contributed by atoms with Gasteiger partial charge >= 0.3 is 0 Å². The number of ether oxygens (including phenoxy) is 1. The Morgan fingerprint density at radius 3 is 2.68 bits per heavy atom. The normalized spacial score (nSPS) is 24.8. The molecule has 1 aromatic rings. The lowest BCUT2D eigenvalue weighted by Crippen LogP contribution is -2.50. The Morgan fingerprint density at radius 2 is 2.00 bits per heavy atom. The molecule has 2 saturated heterocycles. The fraction of sp³-hybridized carbons (Fsp3) is 0.714. The Balaban J connectivity index is 1.26. The molecule has 2 aliphatic heterocycles. The Morgan fingerprint density at radius 1 is 1.21 bits per heavy atom. The van der Waals surface area contributed by atoms with Gasteiger partial charge in [-0.3, -0.25) is 19.4 Å². The fourth-order valence-electron chi connectivity index (χ4n) is 4.53. The lowest BCUT2D eigenvalue weighted by atomic mass is 9.93. The van der Waals surface area contributed by atoms with Crippen LogP contribution in [-0.4, -0.2) is 66.1 Å². The number of hydrogen-bond acceptors (Lipinski definition) is 5. The van der Waals surface area contributed by atoms with Crippen LogP contribution in [0.2, 0.25) is 0 Å². The summed E-state index contributed by atoms with van der Waals surface area (Å²) in [4.78, 5) is 32.5. The average molecular weight is 389 g/mol. The predicted molar refractivity (Wildman–Crippen MR) is 107 cm³/mol. The maximum Gasteiger partial charge on any atom is 0.224 e. The molecule has 1 aromatic heterocycles. The topological polar surface area (TPSA) is 77.7 Å². The Kier molecular flexibility index (Phi) is 6.01. The highest BCUT2D eigenvalue weighted by Gasteiger charge is 2.33. The number of amides is 1. The number of nitrogens with zero attached hydrogens (tertiary/aromatic N) is 2. The monoisotopic (exact) mass is 388 g/mol. The zero-order chi connectivity index (χ0) is 19.5. The lowest BCUT2D eigenvalue weighted by molar-refractivity contribution is -0.127. The van der Waals surface area contributed by atoms with E-state index in [2.05, 4.69) is 20.1 Å². The Hall–Kier alpha value is -1.86. The number of rotatable bonds is 6. The number of aromatic amines is 1. The van der Waals surface area contributed by atoms with Crippen molar-refractivity contribution in [3.05, 3.63) is 28.2 Å². The van der Waals surface area contributed by atoms with Gasteiger partial charge < -0.3 is 15.0 Å². The van der Waals surface area contributed by atoms with Gasteiger partial charge in [-0.25, -0.2) is 0 Å². The van der Waals surface area contributed by atoms with Crippen molar-refractivity contribution >= 4 is 5.91 Å². The predicted octanol–water partition coefficient (Wildman–Crippen LogP) is 1.34. The van der Waals surface area contributed by atoms with E-state index in [1.807, 2.05) is 0 Å². The number of pyridine rings is 1. The van der Waals surface area contributed by atoms with Gasteiger partial charge in [-0.15, -0.1) is 0 Å². The van der Waals surface area contributed by atoms with E-state index in [4.69, 9.17) is 4.74 Å². The highest BCUT2D eigenvalue weighted by atomic mass is 16.5. The second-order valence-electron chi connectivity index (χ2n) is 8.52. The fourth-order valence-corrected chi connectivity index (χ4v) is 4.53. The van der Waals surface area contributed by atoms with Crippen LogP contribution < -0.4 is 15.5 Å². The van der Waals surface area contributed by atoms with Crippen molar-refractivity contribution in [2.24, 2.45) is 5.92 Å². The molecular formula is C21H32N4O3. The van der Waals surface area contributed by atoms with E-state index < -0.39 is 0 Å². The van der Waals surface area contributed by atoms with Gasteiger partial charge in [0.1, 0.15) is 0 Å². The van der Waals surface area contributed by atoms with Crippen molar-refractivity contribution in [3.8, 4) is 5.75 Å². The van der Waals surface area contributed by atoms with Crippen molar-refractivity contribution in [3.63, 3.8) is 0 Å². The summed E-state index contributed by atoms with van der Waals surface area (Å²) in [5.74, 6) is 0.790. The maximum absolute atomic E-state index is 12.4. The zero-order valence-electron chi connectivity index (χ0n) is 16.8. The zero-order valence-corrected chi connectivity index (χ0v) is 16.8. The van der Waals surface area contributed by atoms with Gasteiger partial charge in [-0.2, -0.15) is 0 Å². The third kappa shape index (κ3) is 4.75. The largest absolute Gasteiger partial charge is 0.491 e. The minimum Gasteiger partial charge on any atom is -0.491 e. The van der Waals surface area contributed by atoms with E-state index in [0.29, 0.717) is 17.8 Å². The summed E-state index contributed by atoms with van der Waals surface area (Å²) in [6, 6.07) is 2.66. The van der Waals surface area contributed by atoms with Crippen LogP contribution in [-0.2, 0) is 11.3 Å². The Labute approximate surface area is 166 Å². The lowest BCUT2D eigenvalue weighted by Gasteiger charge is -2.42. The molecule has 1 saturated carbocycles. The molecule has 7 nitrogen and oxygen atoms in total. The molecule has 28 heavy (non-hydrogen) atoms. The number of methoxy groups -OCH3 is 1. The molecule has 3 fully saturated rings. The van der Waals surface area contributed by atoms with Crippen molar-refractivity contribution in [2.45, 2.75) is 57.2 Å². The summed E-state index contributed by atoms with van der Waals surface area (Å²) < 4.78 is 5.03. The first-order valence-corrected chi connectivity index (χ1v) is 10.6. The molecule has 3 heterocycles. The summed E-state index contributed by atoms with van der Waals surface area (Å²) in [5, 5.41) is 3.18. The van der Waals surface area contributed by atoms with E-state index in [1.165, 1.54) is 7.11 Å². The van der Waals surface area contributed by atoms with E-state index >= 15 is 0 Å². The molecular weight excluding hydrogens is 356 g/mol. The first-order valence-electron chi connectivity index (χ1n) is 10.6. The second-order valence-corrected chi connectivity index (χ2v) is 8.52. The number of H-pyrrole nitrogens is 1. The summed E-state index contributed by atoms with van der Waals surface area (Å²) in [6.45, 7) is 4.83. The van der Waals surface area contributed by atoms with Gasteiger partial charge in [-0.05, 0) is 45.1 Å². The third-order valence-corrected chi connectivity index (χ3v) is 6.37. The number of nitrogens with one attached hydrogen (secondary N) is 2. The van der Waals surface area contributed by atoms with E-state index in [-0.39, 0.29) is 17.3 Å². The number of carbonyl (C=O) groups is 1. The number of hydrogen-bond donors (Lipinski definition) is 2. The SMILES string of the molecule is COc1c[nH]c(CN2CCC(N3CCC[C@H](C(=O)NC4CC4)C3)CC2)cc1=O. The average Bonchev–Trinajstić information content (AvgIpc) is 3.53. The van der Waals surface area contributed by atoms with Crippen molar-refractivity contribution in [2.75, 3.05) is 33.3 Å². The first kappa shape index (κ1) is 19.5. The molecule has 3 aliphatic rings. The minimum atomic E-state index is -0.0741. The van der Waals surface area contributed by atoms with E-state index in [9.17, 15) is 9.59 Å². The van der Waals surface area contributed by atoms with Gasteiger partial charge in [-0.1, -0.05) is 0 Å². The summed E-state index contributed by atoms with van der Waals surface area (Å²) in [5.41, 5.74) is 0.856. The van der Waals surface area contributed by atoms with Crippen LogP contribution in [0.5, 0.6) is 5.75 Å². The van der Waals surface area contributed by atoms with Gasteiger partial charge in [0.15, 0.2) is 5.75 Å². The van der Waals surface area contributed by atoms with Gasteiger partial charge in [0.05, 0.1) is 13.0 Å². The van der Waals surface area contributed by atoms with Crippen LogP contribution in [0, 0.1) is 5.92 Å². The van der Waals surface area contributed by atoms with Crippen LogP contribution in [0.1, 0.15) is 44.2 Å². The van der Waals surface area contributed by atoms with Crippen LogP contribution in [0.3, 0.4) is 0 Å². The molecule has 4 rings (SSSR count). The Bertz CT molecular complexity index is 737. The molecule has 2 N–H and O–H groups in total. The number of carbonyl (C=O) groups excluding carboxylic acids is 1. The molecule has 0 unspecified atom stereocenters. The summed E-state index contributed by atoms with van der Waals surface area (Å²) in [6.07, 6.45) is 8.34. The maximum atomic E-state index is 12.4. The summed E-state index contributed by atoms with van der Waals surface area (Å²) in [7, 11) is 1.51. The first-order chi connectivity index (χ1) is 13.6. The van der Waals surface area contributed by atoms with Crippen LogP contribution in [0.4, 0.5) is 0 Å². The van der Waals surface area contributed by atoms with Gasteiger partial charge in [0, 0.05) is 56.2 Å². The molecule has 7 heteroatoms. The highest BCUT2D eigenvalue weighted by molar-refractivity contribution is 5.79. The number of aromatic nitrogens is 1. The van der Waals surface area contributed by atoms with Gasteiger partial charge in [0.25, 0.3) is 0 Å². The molecule has 154 valence electrons. The standard InChI is InChI=1S/C21H32N4O3/c1-28-20-12-22-17(11-19(20)26)14-24-9-6-18(7-10-24)25-8-2-3-15(13-25)21(27)23-16-4-5-16/h11-12,15-16,18H,2-10,13-14H2,1H3,(H,22,26)(H,23,27)/t15-/m0/s1. The van der Waals surface area contributed by atoms with Crippen molar-refractivity contribution in [1.82, 2.24) is 20.1 Å². The second kappa shape index (κ2) is 8.66. The van der Waals surface area contributed by atoms with E-state index in [0.717, 1.165) is 76.9 Å². The molecule has 0 radical (unpaired) electrons. The van der Waals surface area contributed by atoms with Crippen molar-refractivity contribution < 1.29 is 9.53 Å². The van der Waals surface area contributed by atoms with Crippen LogP contribution >= 0.6 is 0 Å². The quantitative estimate of drug-likeness (QED) is 0.769. The third-order valence-electron chi connectivity index (χ3n) is 6.37. The molecule has 1 atom stereocenters. The molecule has 1 aliphatic carbocycles. The minimum absolute atomic E-state index is 0.0741.